The fraction of sp³-hybridized carbons (Fsp3) is 0.231. The molecule has 84 valence electrons. The molecule has 0 aliphatic heterocycles. The van der Waals surface area contributed by atoms with Gasteiger partial charge in [-0.2, -0.15) is 0 Å². The van der Waals surface area contributed by atoms with Crippen molar-refractivity contribution in [3.05, 3.63) is 58.5 Å². The van der Waals surface area contributed by atoms with E-state index in [-0.39, 0.29) is 0 Å². The van der Waals surface area contributed by atoms with Crippen molar-refractivity contribution in [3.8, 4) is 0 Å². The smallest absolute Gasteiger partial charge is 0.0950 e. The van der Waals surface area contributed by atoms with Crippen LogP contribution in [0, 0.1) is 0 Å². The standard InChI is InChI=1S/C13H14BrNO/c1-15-13(11-6-7-16-9-11)8-10-2-4-12(14)5-3-10/h2-7,9,13,15H,8H2,1H3. The summed E-state index contributed by atoms with van der Waals surface area (Å²) < 4.78 is 6.22. The van der Waals surface area contributed by atoms with Gasteiger partial charge in [0.1, 0.15) is 0 Å². The van der Waals surface area contributed by atoms with E-state index in [1.807, 2.05) is 13.1 Å². The maximum absolute atomic E-state index is 5.11. The summed E-state index contributed by atoms with van der Waals surface area (Å²) in [5.41, 5.74) is 2.49. The SMILES string of the molecule is CNC(Cc1ccc(Br)cc1)c1ccoc1. The monoisotopic (exact) mass is 279 g/mol. The van der Waals surface area contributed by atoms with Crippen molar-refractivity contribution in [1.29, 1.82) is 0 Å². The molecular weight excluding hydrogens is 266 g/mol. The Kier molecular flexibility index (Phi) is 3.80. The van der Waals surface area contributed by atoms with Gasteiger partial charge >= 0.3 is 0 Å². The van der Waals surface area contributed by atoms with Crippen molar-refractivity contribution in [2.75, 3.05) is 7.05 Å². The van der Waals surface area contributed by atoms with Gasteiger partial charge in [0.2, 0.25) is 0 Å². The van der Waals surface area contributed by atoms with Crippen LogP contribution in [0.2, 0.25) is 0 Å². The summed E-state index contributed by atoms with van der Waals surface area (Å²) in [7, 11) is 1.97. The van der Waals surface area contributed by atoms with Crippen LogP contribution in [-0.2, 0) is 6.42 Å². The van der Waals surface area contributed by atoms with Crippen molar-refractivity contribution in [3.63, 3.8) is 0 Å². The molecule has 0 aliphatic carbocycles. The Morgan fingerprint density at radius 2 is 2.00 bits per heavy atom. The van der Waals surface area contributed by atoms with E-state index in [2.05, 4.69) is 45.5 Å². The van der Waals surface area contributed by atoms with E-state index in [4.69, 9.17) is 4.42 Å². The second kappa shape index (κ2) is 5.32. The van der Waals surface area contributed by atoms with Gasteiger partial charge in [-0.3, -0.25) is 0 Å². The van der Waals surface area contributed by atoms with Gasteiger partial charge in [-0.25, -0.2) is 0 Å². The molecule has 1 atom stereocenters. The lowest BCUT2D eigenvalue weighted by molar-refractivity contribution is 0.542. The summed E-state index contributed by atoms with van der Waals surface area (Å²) >= 11 is 3.44. The zero-order chi connectivity index (χ0) is 11.4. The summed E-state index contributed by atoms with van der Waals surface area (Å²) in [5.74, 6) is 0. The van der Waals surface area contributed by atoms with Crippen molar-refractivity contribution >= 4 is 15.9 Å². The average molecular weight is 280 g/mol. The number of benzene rings is 1. The largest absolute Gasteiger partial charge is 0.472 e. The first-order valence-corrected chi connectivity index (χ1v) is 6.02. The maximum atomic E-state index is 5.11. The minimum atomic E-state index is 0.305. The van der Waals surface area contributed by atoms with Crippen molar-refractivity contribution in [2.45, 2.75) is 12.5 Å². The van der Waals surface area contributed by atoms with E-state index in [9.17, 15) is 0 Å². The summed E-state index contributed by atoms with van der Waals surface area (Å²) in [6.45, 7) is 0. The topological polar surface area (TPSA) is 25.2 Å². The third-order valence-electron chi connectivity index (χ3n) is 2.65. The van der Waals surface area contributed by atoms with Gasteiger partial charge in [-0.1, -0.05) is 28.1 Å². The number of halogens is 1. The predicted octanol–water partition coefficient (Wildman–Crippen LogP) is 3.55. The third kappa shape index (κ3) is 2.74. The Balaban J connectivity index is 2.10. The molecule has 3 heteroatoms. The van der Waals surface area contributed by atoms with Crippen molar-refractivity contribution < 1.29 is 4.42 Å². The molecule has 16 heavy (non-hydrogen) atoms. The Hall–Kier alpha value is -1.06. The van der Waals surface area contributed by atoms with Crippen LogP contribution in [0.4, 0.5) is 0 Å². The van der Waals surface area contributed by atoms with E-state index in [1.165, 1.54) is 11.1 Å². The molecule has 1 aromatic carbocycles. The fourth-order valence-electron chi connectivity index (χ4n) is 1.72. The predicted molar refractivity (Wildman–Crippen MR) is 68.4 cm³/mol. The molecule has 0 bridgehead atoms. The van der Waals surface area contributed by atoms with Gasteiger partial charge in [0, 0.05) is 16.1 Å². The lowest BCUT2D eigenvalue weighted by atomic mass is 10.0. The Morgan fingerprint density at radius 3 is 2.56 bits per heavy atom. The van der Waals surface area contributed by atoms with Crippen LogP contribution in [0.1, 0.15) is 17.2 Å². The molecule has 0 spiro atoms. The minimum absolute atomic E-state index is 0.305. The van der Waals surface area contributed by atoms with E-state index in [1.54, 1.807) is 12.5 Å². The summed E-state index contributed by atoms with van der Waals surface area (Å²) in [5, 5.41) is 3.30. The van der Waals surface area contributed by atoms with Crippen LogP contribution in [0.3, 0.4) is 0 Å². The number of hydrogen-bond acceptors (Lipinski definition) is 2. The molecular formula is C13H14BrNO. The van der Waals surface area contributed by atoms with Gasteiger partial charge in [-0.05, 0) is 37.2 Å². The van der Waals surface area contributed by atoms with Crippen LogP contribution in [0.15, 0.2) is 51.7 Å². The molecule has 2 nitrogen and oxygen atoms in total. The summed E-state index contributed by atoms with van der Waals surface area (Å²) in [4.78, 5) is 0. The molecule has 0 radical (unpaired) electrons. The highest BCUT2D eigenvalue weighted by atomic mass is 79.9. The normalized spacial score (nSPS) is 12.6. The zero-order valence-corrected chi connectivity index (χ0v) is 10.7. The van der Waals surface area contributed by atoms with E-state index < -0.39 is 0 Å². The quantitative estimate of drug-likeness (QED) is 0.926. The Bertz CT molecular complexity index is 422. The third-order valence-corrected chi connectivity index (χ3v) is 3.18. The van der Waals surface area contributed by atoms with Crippen LogP contribution in [-0.4, -0.2) is 7.05 Å². The molecule has 2 rings (SSSR count). The fourth-order valence-corrected chi connectivity index (χ4v) is 1.98. The molecule has 0 fully saturated rings. The summed E-state index contributed by atoms with van der Waals surface area (Å²) in [6.07, 6.45) is 4.46. The van der Waals surface area contributed by atoms with Crippen LogP contribution >= 0.6 is 15.9 Å². The highest BCUT2D eigenvalue weighted by molar-refractivity contribution is 9.10. The van der Waals surface area contributed by atoms with Crippen LogP contribution < -0.4 is 5.32 Å². The van der Waals surface area contributed by atoms with Crippen molar-refractivity contribution in [1.82, 2.24) is 5.32 Å². The lowest BCUT2D eigenvalue weighted by Gasteiger charge is -2.14. The first-order chi connectivity index (χ1) is 7.79. The van der Waals surface area contributed by atoms with Crippen LogP contribution in [0.25, 0.3) is 0 Å². The second-order valence-electron chi connectivity index (χ2n) is 3.73. The molecule has 1 N–H and O–H groups in total. The van der Waals surface area contributed by atoms with E-state index in [0.717, 1.165) is 10.9 Å². The minimum Gasteiger partial charge on any atom is -0.472 e. The second-order valence-corrected chi connectivity index (χ2v) is 4.64. The molecule has 0 aliphatic rings. The Morgan fingerprint density at radius 1 is 1.25 bits per heavy atom. The number of nitrogens with one attached hydrogen (secondary N) is 1. The number of hydrogen-bond donors (Lipinski definition) is 1. The van der Waals surface area contributed by atoms with Gasteiger partial charge < -0.3 is 9.73 Å². The zero-order valence-electron chi connectivity index (χ0n) is 9.11. The molecule has 1 heterocycles. The highest BCUT2D eigenvalue weighted by Gasteiger charge is 2.10. The maximum Gasteiger partial charge on any atom is 0.0950 e. The van der Waals surface area contributed by atoms with Crippen molar-refractivity contribution in [2.24, 2.45) is 0 Å². The molecule has 0 saturated carbocycles. The first kappa shape index (κ1) is 11.4. The van der Waals surface area contributed by atoms with Gasteiger partial charge in [-0.15, -0.1) is 0 Å². The highest BCUT2D eigenvalue weighted by Crippen LogP contribution is 2.19. The number of likely N-dealkylation sites (N-methyl/N-ethyl adjacent to an activating group) is 1. The van der Waals surface area contributed by atoms with E-state index in [0.29, 0.717) is 6.04 Å². The molecule has 1 aromatic heterocycles. The molecule has 0 saturated heterocycles. The van der Waals surface area contributed by atoms with E-state index >= 15 is 0 Å². The lowest BCUT2D eigenvalue weighted by Crippen LogP contribution is -2.18. The van der Waals surface area contributed by atoms with Gasteiger partial charge in [0.05, 0.1) is 12.5 Å². The number of furan rings is 1. The molecule has 2 aromatic rings. The average Bonchev–Trinajstić information content (AvgIpc) is 2.82. The first-order valence-electron chi connectivity index (χ1n) is 5.23. The summed E-state index contributed by atoms with van der Waals surface area (Å²) in [6, 6.07) is 10.7. The number of rotatable bonds is 4. The molecule has 1 unspecified atom stereocenters. The van der Waals surface area contributed by atoms with Crippen LogP contribution in [0.5, 0.6) is 0 Å². The van der Waals surface area contributed by atoms with Gasteiger partial charge in [0.25, 0.3) is 0 Å². The molecule has 0 amide bonds. The van der Waals surface area contributed by atoms with Gasteiger partial charge in [0.15, 0.2) is 0 Å². The Labute approximate surface area is 104 Å².